The molecule has 9 nitrogen and oxygen atoms in total. The molecule has 2 N–H and O–H groups in total. The molecule has 27 heavy (non-hydrogen) atoms. The second kappa shape index (κ2) is 8.75. The summed E-state index contributed by atoms with van der Waals surface area (Å²) in [4.78, 5) is 16.0. The van der Waals surface area contributed by atoms with E-state index in [2.05, 4.69) is 25.8 Å². The molecule has 1 amide bonds. The van der Waals surface area contributed by atoms with Gasteiger partial charge in [-0.3, -0.25) is 9.48 Å². The van der Waals surface area contributed by atoms with Crippen LogP contribution in [0.1, 0.15) is 29.5 Å². The van der Waals surface area contributed by atoms with Gasteiger partial charge in [0.05, 0.1) is 18.8 Å². The minimum Gasteiger partial charge on any atom is -0.411 e. The molecule has 0 saturated carbocycles. The smallest absolute Gasteiger partial charge is 0.266 e. The number of benzene rings is 1. The lowest BCUT2D eigenvalue weighted by atomic mass is 10.0. The van der Waals surface area contributed by atoms with Crippen molar-refractivity contribution < 1.29 is 10.0 Å². The maximum absolute atomic E-state index is 11.8. The van der Waals surface area contributed by atoms with Crippen LogP contribution in [0.15, 0.2) is 54.1 Å². The fraction of sp³-hybridized carbons (Fsp3) is 0.278. The van der Waals surface area contributed by atoms with Crippen molar-refractivity contribution in [3.8, 4) is 0 Å². The third kappa shape index (κ3) is 5.00. The van der Waals surface area contributed by atoms with Crippen molar-refractivity contribution in [3.05, 3.63) is 66.0 Å². The van der Waals surface area contributed by atoms with E-state index in [1.165, 1.54) is 0 Å². The van der Waals surface area contributed by atoms with Gasteiger partial charge in [0.15, 0.2) is 0 Å². The van der Waals surface area contributed by atoms with Crippen LogP contribution in [-0.4, -0.2) is 41.9 Å². The van der Waals surface area contributed by atoms with E-state index in [0.29, 0.717) is 19.5 Å². The van der Waals surface area contributed by atoms with Gasteiger partial charge in [-0.1, -0.05) is 40.7 Å². The van der Waals surface area contributed by atoms with E-state index in [-0.39, 0.29) is 6.04 Å². The fourth-order valence-corrected chi connectivity index (χ4v) is 2.80. The number of aromatic nitrogens is 5. The van der Waals surface area contributed by atoms with Crippen molar-refractivity contribution in [1.82, 2.24) is 29.9 Å². The molecule has 0 aliphatic rings. The maximum atomic E-state index is 11.8. The van der Waals surface area contributed by atoms with E-state index in [1.54, 1.807) is 10.9 Å². The number of amides is 1. The molecule has 0 radical (unpaired) electrons. The Morgan fingerprint density at radius 3 is 2.89 bits per heavy atom. The summed E-state index contributed by atoms with van der Waals surface area (Å²) in [6.07, 6.45) is 7.00. The Labute approximate surface area is 156 Å². The van der Waals surface area contributed by atoms with Crippen molar-refractivity contribution in [3.63, 3.8) is 0 Å². The van der Waals surface area contributed by atoms with Gasteiger partial charge in [0, 0.05) is 18.9 Å². The predicted octanol–water partition coefficient (Wildman–Crippen LogP) is 1.54. The van der Waals surface area contributed by atoms with E-state index in [9.17, 15) is 4.79 Å². The summed E-state index contributed by atoms with van der Waals surface area (Å²) in [5.41, 5.74) is 1.80. The third-order valence-electron chi connectivity index (χ3n) is 4.18. The molecule has 2 aromatic heterocycles. The molecule has 140 valence electrons. The lowest BCUT2D eigenvalue weighted by molar-refractivity contribution is -0.115. The molecule has 2 heterocycles. The Balaban J connectivity index is 1.64. The number of carbonyl (C=O) groups excluding carboxylic acids is 1. The van der Waals surface area contributed by atoms with Gasteiger partial charge in [0.25, 0.3) is 5.91 Å². The van der Waals surface area contributed by atoms with Gasteiger partial charge in [-0.15, -0.1) is 5.10 Å². The maximum Gasteiger partial charge on any atom is 0.266 e. The molecule has 0 saturated heterocycles. The number of imidazole rings is 1. The number of nitrogens with zero attached hydrogens (tertiary/aromatic N) is 6. The van der Waals surface area contributed by atoms with E-state index >= 15 is 0 Å². The average Bonchev–Trinajstić information content (AvgIpc) is 3.29. The van der Waals surface area contributed by atoms with Crippen LogP contribution >= 0.6 is 0 Å². The number of hydrogen-bond acceptors (Lipinski definition) is 6. The van der Waals surface area contributed by atoms with Crippen molar-refractivity contribution in [2.24, 2.45) is 5.16 Å². The van der Waals surface area contributed by atoms with Gasteiger partial charge in [-0.25, -0.2) is 4.98 Å². The predicted molar refractivity (Wildman–Crippen MR) is 98.3 cm³/mol. The first-order valence-electron chi connectivity index (χ1n) is 8.55. The molecule has 0 spiro atoms. The Bertz CT molecular complexity index is 901. The Morgan fingerprint density at radius 2 is 2.19 bits per heavy atom. The van der Waals surface area contributed by atoms with Crippen LogP contribution in [0.5, 0.6) is 0 Å². The number of carbonyl (C=O) groups is 1. The molecule has 3 rings (SSSR count). The Hall–Kier alpha value is -3.49. The van der Waals surface area contributed by atoms with Crippen LogP contribution in [0.3, 0.4) is 0 Å². The monoisotopic (exact) mass is 367 g/mol. The summed E-state index contributed by atoms with van der Waals surface area (Å²) in [6.45, 7) is 3.12. The molecule has 0 unspecified atom stereocenters. The van der Waals surface area contributed by atoms with Crippen molar-refractivity contribution >= 4 is 12.1 Å². The van der Waals surface area contributed by atoms with Gasteiger partial charge in [0.2, 0.25) is 0 Å². The average molecular weight is 367 g/mol. The summed E-state index contributed by atoms with van der Waals surface area (Å²) in [7, 11) is 0. The van der Waals surface area contributed by atoms with Crippen LogP contribution in [0.25, 0.3) is 0 Å². The van der Waals surface area contributed by atoms with E-state index in [4.69, 9.17) is 5.21 Å². The lowest BCUT2D eigenvalue weighted by Crippen LogP contribution is -2.30. The zero-order valence-corrected chi connectivity index (χ0v) is 14.9. The van der Waals surface area contributed by atoms with Gasteiger partial charge < -0.3 is 15.1 Å². The molecule has 0 aliphatic carbocycles. The first-order valence-corrected chi connectivity index (χ1v) is 8.55. The highest BCUT2D eigenvalue weighted by Crippen LogP contribution is 2.17. The molecule has 0 fully saturated rings. The van der Waals surface area contributed by atoms with Gasteiger partial charge in [0.1, 0.15) is 17.7 Å². The first kappa shape index (κ1) is 18.3. The molecule has 9 heteroatoms. The van der Waals surface area contributed by atoms with E-state index in [0.717, 1.165) is 23.3 Å². The number of aryl methyl sites for hydroxylation is 2. The summed E-state index contributed by atoms with van der Waals surface area (Å²) in [5.74, 6) is 0.461. The largest absolute Gasteiger partial charge is 0.411 e. The lowest BCUT2D eigenvalue weighted by Gasteiger charge is -2.18. The number of oxime groups is 1. The zero-order chi connectivity index (χ0) is 19.1. The van der Waals surface area contributed by atoms with Gasteiger partial charge in [-0.05, 0) is 18.9 Å². The SMILES string of the molecule is Cc1nccn1Cc1cn(CC[C@H](NC(=O)/C=N/O)c2ccccc2)nn1. The minimum atomic E-state index is -0.457. The molecular formula is C18H21N7O2. The van der Waals surface area contributed by atoms with Gasteiger partial charge in [-0.2, -0.15) is 0 Å². The quantitative estimate of drug-likeness (QED) is 0.356. The van der Waals surface area contributed by atoms with E-state index in [1.807, 2.05) is 54.2 Å². The molecule has 1 aromatic carbocycles. The number of rotatable bonds is 8. The highest BCUT2D eigenvalue weighted by atomic mass is 16.4. The topological polar surface area (TPSA) is 110 Å². The second-order valence-electron chi connectivity index (χ2n) is 6.08. The summed E-state index contributed by atoms with van der Waals surface area (Å²) >= 11 is 0. The summed E-state index contributed by atoms with van der Waals surface area (Å²) in [5, 5.41) is 22.5. The molecular weight excluding hydrogens is 346 g/mol. The first-order chi connectivity index (χ1) is 13.2. The van der Waals surface area contributed by atoms with Crippen LogP contribution in [0.2, 0.25) is 0 Å². The highest BCUT2D eigenvalue weighted by molar-refractivity contribution is 6.26. The van der Waals surface area contributed by atoms with Crippen LogP contribution < -0.4 is 5.32 Å². The molecule has 1 atom stereocenters. The zero-order valence-electron chi connectivity index (χ0n) is 14.9. The van der Waals surface area contributed by atoms with Gasteiger partial charge >= 0.3 is 0 Å². The Kier molecular flexibility index (Phi) is 5.93. The van der Waals surface area contributed by atoms with Crippen molar-refractivity contribution in [2.75, 3.05) is 0 Å². The Morgan fingerprint density at radius 1 is 1.37 bits per heavy atom. The van der Waals surface area contributed by atoms with E-state index < -0.39 is 5.91 Å². The van der Waals surface area contributed by atoms with Crippen LogP contribution in [-0.2, 0) is 17.9 Å². The van der Waals surface area contributed by atoms with Crippen LogP contribution in [0.4, 0.5) is 0 Å². The third-order valence-corrected chi connectivity index (χ3v) is 4.18. The standard InChI is InChI=1S/C18H21N7O2/c1-14-19-8-10-24(14)12-16-13-25(23-22-16)9-7-17(21-18(26)11-20-27)15-5-3-2-4-6-15/h2-6,8,10-11,13,17,27H,7,9,12H2,1H3,(H,21,26)/b20-11+/t17-/m0/s1. The fourth-order valence-electron chi connectivity index (χ4n) is 2.80. The molecule has 3 aromatic rings. The van der Waals surface area contributed by atoms with Crippen molar-refractivity contribution in [2.45, 2.75) is 32.5 Å². The summed E-state index contributed by atoms with van der Waals surface area (Å²) < 4.78 is 3.75. The molecule has 0 bridgehead atoms. The minimum absolute atomic E-state index is 0.236. The molecule has 0 aliphatic heterocycles. The summed E-state index contributed by atoms with van der Waals surface area (Å²) in [6, 6.07) is 9.39. The van der Waals surface area contributed by atoms with Crippen molar-refractivity contribution in [1.29, 1.82) is 0 Å². The number of nitrogens with one attached hydrogen (secondary N) is 1. The van der Waals surface area contributed by atoms with Crippen LogP contribution in [0, 0.1) is 6.92 Å². The highest BCUT2D eigenvalue weighted by Gasteiger charge is 2.14. The number of hydrogen-bond donors (Lipinski definition) is 2. The normalized spacial score (nSPS) is 12.3. The second-order valence-corrected chi connectivity index (χ2v) is 6.08.